The Bertz CT molecular complexity index is 422. The monoisotopic (exact) mass is 301 g/mol. The lowest BCUT2D eigenvalue weighted by Gasteiger charge is -2.34. The molecule has 2 aliphatic heterocycles. The molecule has 3 rings (SSSR count). The highest BCUT2D eigenvalue weighted by atomic mass is 15.2. The minimum Gasteiger partial charge on any atom is -0.295 e. The van der Waals surface area contributed by atoms with E-state index < -0.39 is 0 Å². The summed E-state index contributed by atoms with van der Waals surface area (Å²) in [4.78, 5) is 10.2. The minimum atomic E-state index is 0.453. The average molecular weight is 301 g/mol. The van der Waals surface area contributed by atoms with Gasteiger partial charge >= 0.3 is 0 Å². The molecule has 0 saturated carbocycles. The van der Waals surface area contributed by atoms with Crippen molar-refractivity contribution in [3.8, 4) is 0 Å². The SMILES string of the molecule is C[C@@H](c1cccc([C@H](C)N2CCCCC2)n1)N1CCCCC1. The highest BCUT2D eigenvalue weighted by Gasteiger charge is 2.22. The van der Waals surface area contributed by atoms with Crippen molar-refractivity contribution in [3.05, 3.63) is 29.6 Å². The second-order valence-corrected chi connectivity index (χ2v) is 7.03. The van der Waals surface area contributed by atoms with E-state index in [1.165, 1.54) is 76.1 Å². The smallest absolute Gasteiger partial charge is 0.0576 e. The van der Waals surface area contributed by atoms with E-state index in [1.807, 2.05) is 0 Å². The van der Waals surface area contributed by atoms with Gasteiger partial charge in [0.2, 0.25) is 0 Å². The van der Waals surface area contributed by atoms with Gasteiger partial charge in [0.15, 0.2) is 0 Å². The van der Waals surface area contributed by atoms with Gasteiger partial charge in [0.25, 0.3) is 0 Å². The van der Waals surface area contributed by atoms with E-state index in [0.717, 1.165) is 0 Å². The molecule has 2 fully saturated rings. The Morgan fingerprint density at radius 1 is 0.727 bits per heavy atom. The van der Waals surface area contributed by atoms with Gasteiger partial charge in [-0.05, 0) is 77.8 Å². The fourth-order valence-corrected chi connectivity index (χ4v) is 3.92. The number of hydrogen-bond acceptors (Lipinski definition) is 3. The number of rotatable bonds is 4. The molecule has 0 spiro atoms. The molecule has 0 amide bonds. The summed E-state index contributed by atoms with van der Waals surface area (Å²) in [5.74, 6) is 0. The van der Waals surface area contributed by atoms with Gasteiger partial charge in [-0.2, -0.15) is 0 Å². The zero-order valence-corrected chi connectivity index (χ0v) is 14.3. The maximum absolute atomic E-state index is 5.04. The maximum atomic E-state index is 5.04. The molecule has 2 aliphatic rings. The Labute approximate surface area is 135 Å². The largest absolute Gasteiger partial charge is 0.295 e. The number of piperidine rings is 2. The van der Waals surface area contributed by atoms with Crippen LogP contribution in [0.4, 0.5) is 0 Å². The second-order valence-electron chi connectivity index (χ2n) is 7.03. The highest BCUT2D eigenvalue weighted by Crippen LogP contribution is 2.26. The Morgan fingerprint density at radius 3 is 1.55 bits per heavy atom. The molecule has 1 aromatic rings. The van der Waals surface area contributed by atoms with Crippen molar-refractivity contribution in [3.63, 3.8) is 0 Å². The van der Waals surface area contributed by atoms with Crippen LogP contribution < -0.4 is 0 Å². The zero-order valence-electron chi connectivity index (χ0n) is 14.3. The van der Waals surface area contributed by atoms with Gasteiger partial charge in [-0.25, -0.2) is 0 Å². The highest BCUT2D eigenvalue weighted by molar-refractivity contribution is 5.16. The third-order valence-electron chi connectivity index (χ3n) is 5.52. The van der Waals surface area contributed by atoms with Crippen molar-refractivity contribution in [1.82, 2.24) is 14.8 Å². The Balaban J connectivity index is 1.70. The number of likely N-dealkylation sites (tertiary alicyclic amines) is 2. The van der Waals surface area contributed by atoms with Crippen molar-refractivity contribution >= 4 is 0 Å². The van der Waals surface area contributed by atoms with E-state index in [1.54, 1.807) is 0 Å². The number of nitrogens with zero attached hydrogens (tertiary/aromatic N) is 3. The van der Waals surface area contributed by atoms with E-state index in [9.17, 15) is 0 Å². The van der Waals surface area contributed by atoms with Crippen LogP contribution in [0.25, 0.3) is 0 Å². The van der Waals surface area contributed by atoms with Gasteiger partial charge in [0.1, 0.15) is 0 Å². The summed E-state index contributed by atoms with van der Waals surface area (Å²) in [6, 6.07) is 7.54. The summed E-state index contributed by atoms with van der Waals surface area (Å²) in [7, 11) is 0. The lowest BCUT2D eigenvalue weighted by molar-refractivity contribution is 0.165. The molecule has 0 unspecified atom stereocenters. The van der Waals surface area contributed by atoms with Gasteiger partial charge in [-0.15, -0.1) is 0 Å². The summed E-state index contributed by atoms with van der Waals surface area (Å²) in [5.41, 5.74) is 2.51. The van der Waals surface area contributed by atoms with Crippen molar-refractivity contribution in [2.45, 2.75) is 64.5 Å². The van der Waals surface area contributed by atoms with Gasteiger partial charge in [0.05, 0.1) is 11.4 Å². The molecule has 0 aromatic carbocycles. The molecular weight excluding hydrogens is 270 g/mol. The molecule has 1 aromatic heterocycles. The van der Waals surface area contributed by atoms with Gasteiger partial charge < -0.3 is 0 Å². The molecule has 3 heteroatoms. The van der Waals surface area contributed by atoms with E-state index in [0.29, 0.717) is 12.1 Å². The minimum absolute atomic E-state index is 0.453. The van der Waals surface area contributed by atoms with Crippen molar-refractivity contribution in [1.29, 1.82) is 0 Å². The molecule has 0 radical (unpaired) electrons. The van der Waals surface area contributed by atoms with Crippen LogP contribution >= 0.6 is 0 Å². The first-order valence-corrected chi connectivity index (χ1v) is 9.20. The zero-order chi connectivity index (χ0) is 15.4. The van der Waals surface area contributed by atoms with E-state index in [2.05, 4.69) is 41.8 Å². The average Bonchev–Trinajstić information content (AvgIpc) is 2.62. The van der Waals surface area contributed by atoms with E-state index >= 15 is 0 Å². The van der Waals surface area contributed by atoms with Crippen LogP contribution in [-0.2, 0) is 0 Å². The van der Waals surface area contributed by atoms with Crippen LogP contribution in [0.2, 0.25) is 0 Å². The summed E-state index contributed by atoms with van der Waals surface area (Å²) in [6.07, 6.45) is 8.15. The molecule has 3 nitrogen and oxygen atoms in total. The maximum Gasteiger partial charge on any atom is 0.0576 e. The molecule has 3 heterocycles. The second kappa shape index (κ2) is 7.56. The van der Waals surface area contributed by atoms with Gasteiger partial charge in [-0.3, -0.25) is 14.8 Å². The molecule has 22 heavy (non-hydrogen) atoms. The van der Waals surface area contributed by atoms with Crippen LogP contribution in [0.5, 0.6) is 0 Å². The van der Waals surface area contributed by atoms with E-state index in [4.69, 9.17) is 4.98 Å². The predicted octanol–water partition coefficient (Wildman–Crippen LogP) is 4.18. The predicted molar refractivity (Wildman–Crippen MR) is 91.9 cm³/mol. The fourth-order valence-electron chi connectivity index (χ4n) is 3.92. The number of aromatic nitrogens is 1. The topological polar surface area (TPSA) is 19.4 Å². The quantitative estimate of drug-likeness (QED) is 0.832. The first-order valence-electron chi connectivity index (χ1n) is 9.20. The van der Waals surface area contributed by atoms with Crippen molar-refractivity contribution in [2.75, 3.05) is 26.2 Å². The Hall–Kier alpha value is -0.930. The Kier molecular flexibility index (Phi) is 5.48. The summed E-state index contributed by atoms with van der Waals surface area (Å²) >= 11 is 0. The summed E-state index contributed by atoms with van der Waals surface area (Å²) in [5, 5.41) is 0. The standard InChI is InChI=1S/C19H31N3/c1-16(21-12-5-3-6-13-21)18-10-9-11-19(20-18)17(2)22-14-7-4-8-15-22/h9-11,16-17H,3-8,12-15H2,1-2H3/t16-,17-/m0/s1. The lowest BCUT2D eigenvalue weighted by atomic mass is 10.0. The molecule has 0 bridgehead atoms. The molecule has 2 atom stereocenters. The third kappa shape index (κ3) is 3.69. The molecule has 122 valence electrons. The van der Waals surface area contributed by atoms with Crippen LogP contribution in [0.1, 0.15) is 75.8 Å². The lowest BCUT2D eigenvalue weighted by Crippen LogP contribution is -2.34. The summed E-state index contributed by atoms with van der Waals surface area (Å²) in [6.45, 7) is 9.57. The van der Waals surface area contributed by atoms with Crippen LogP contribution in [0.3, 0.4) is 0 Å². The molecule has 2 saturated heterocycles. The van der Waals surface area contributed by atoms with E-state index in [-0.39, 0.29) is 0 Å². The van der Waals surface area contributed by atoms with Gasteiger partial charge in [-0.1, -0.05) is 18.9 Å². The van der Waals surface area contributed by atoms with Crippen molar-refractivity contribution < 1.29 is 0 Å². The van der Waals surface area contributed by atoms with Crippen molar-refractivity contribution in [2.24, 2.45) is 0 Å². The molecule has 0 aliphatic carbocycles. The number of pyridine rings is 1. The first-order chi connectivity index (χ1) is 10.8. The molecule has 0 N–H and O–H groups in total. The normalized spacial score (nSPS) is 24.1. The molecular formula is C19H31N3. The summed E-state index contributed by atoms with van der Waals surface area (Å²) < 4.78 is 0. The first kappa shape index (κ1) is 15.9. The third-order valence-corrected chi connectivity index (χ3v) is 5.52. The van der Waals surface area contributed by atoms with Crippen LogP contribution in [-0.4, -0.2) is 41.0 Å². The van der Waals surface area contributed by atoms with Gasteiger partial charge in [0, 0.05) is 12.1 Å². The van der Waals surface area contributed by atoms with Crippen LogP contribution in [0, 0.1) is 0 Å². The number of hydrogen-bond donors (Lipinski definition) is 0. The fraction of sp³-hybridized carbons (Fsp3) is 0.737. The Morgan fingerprint density at radius 2 is 1.14 bits per heavy atom. The van der Waals surface area contributed by atoms with Crippen LogP contribution in [0.15, 0.2) is 18.2 Å².